The van der Waals surface area contributed by atoms with Crippen molar-refractivity contribution in [3.05, 3.63) is 58.9 Å². The third-order valence-corrected chi connectivity index (χ3v) is 5.41. The third kappa shape index (κ3) is 5.67. The van der Waals surface area contributed by atoms with Gasteiger partial charge in [-0.2, -0.15) is 0 Å². The molecule has 3 N–H and O–H groups in total. The number of amides is 5. The molecule has 0 saturated carbocycles. The first-order valence-corrected chi connectivity index (χ1v) is 10.4. The fraction of sp³-hybridized carbons (Fsp3) is 0.273. The molecule has 0 radical (unpaired) electrons. The van der Waals surface area contributed by atoms with Gasteiger partial charge in [0.1, 0.15) is 17.6 Å². The van der Waals surface area contributed by atoms with Crippen LogP contribution in [-0.2, 0) is 22.7 Å². The van der Waals surface area contributed by atoms with Gasteiger partial charge in [-0.1, -0.05) is 12.1 Å². The first-order valence-electron chi connectivity index (χ1n) is 10.4. The van der Waals surface area contributed by atoms with Gasteiger partial charge in [-0.25, -0.2) is 9.18 Å². The summed E-state index contributed by atoms with van der Waals surface area (Å²) in [6.45, 7) is 0.155. The Morgan fingerprint density at radius 1 is 1.14 bits per heavy atom. The van der Waals surface area contributed by atoms with Gasteiger partial charge in [0.05, 0.1) is 0 Å². The van der Waals surface area contributed by atoms with E-state index in [4.69, 9.17) is 0 Å². The van der Waals surface area contributed by atoms with Gasteiger partial charge in [0.2, 0.25) is 11.8 Å². The number of rotatable bonds is 5. The number of hydrogen-bond acceptors (Lipinski definition) is 5. The molecule has 0 aromatic heterocycles. The number of ether oxygens (including phenoxy) is 1. The number of piperidine rings is 1. The molecule has 2 aromatic rings. The predicted octanol–water partition coefficient (Wildman–Crippen LogP) is 2.81. The number of nitrogens with one attached hydrogen (secondary N) is 3. The van der Waals surface area contributed by atoms with Crippen LogP contribution in [0.5, 0.6) is 5.75 Å². The minimum Gasteiger partial charge on any atom is -0.406 e. The van der Waals surface area contributed by atoms with Crippen LogP contribution in [-0.4, -0.2) is 41.1 Å². The van der Waals surface area contributed by atoms with Crippen LogP contribution < -0.4 is 20.7 Å². The molecule has 2 aromatic carbocycles. The molecule has 1 saturated heterocycles. The number of urea groups is 1. The van der Waals surface area contributed by atoms with Crippen LogP contribution >= 0.6 is 0 Å². The Hall–Kier alpha value is -4.16. The Kier molecular flexibility index (Phi) is 6.33. The van der Waals surface area contributed by atoms with Gasteiger partial charge in [-0.3, -0.25) is 19.7 Å². The van der Waals surface area contributed by atoms with E-state index < -0.39 is 35.9 Å². The number of nitrogens with zero attached hydrogens (tertiary/aromatic N) is 1. The smallest absolute Gasteiger partial charge is 0.406 e. The van der Waals surface area contributed by atoms with Crippen molar-refractivity contribution in [3.8, 4) is 5.75 Å². The van der Waals surface area contributed by atoms with Crippen molar-refractivity contribution in [2.45, 2.75) is 38.3 Å². The minimum atomic E-state index is -5.02. The van der Waals surface area contributed by atoms with Gasteiger partial charge in [-0.15, -0.1) is 13.2 Å². The number of halogens is 4. The second-order valence-electron chi connectivity index (χ2n) is 7.92. The predicted molar refractivity (Wildman–Crippen MR) is 111 cm³/mol. The van der Waals surface area contributed by atoms with E-state index in [1.807, 2.05) is 0 Å². The van der Waals surface area contributed by atoms with Crippen molar-refractivity contribution in [1.29, 1.82) is 0 Å². The van der Waals surface area contributed by atoms with Crippen molar-refractivity contribution >= 4 is 29.4 Å². The summed E-state index contributed by atoms with van der Waals surface area (Å²) in [6, 6.07) is 5.48. The summed E-state index contributed by atoms with van der Waals surface area (Å²) < 4.78 is 54.3. The molecule has 0 spiro atoms. The van der Waals surface area contributed by atoms with Crippen molar-refractivity contribution in [1.82, 2.24) is 15.5 Å². The lowest BCUT2D eigenvalue weighted by Crippen LogP contribution is -2.52. The summed E-state index contributed by atoms with van der Waals surface area (Å²) in [5.74, 6) is -3.16. The largest absolute Gasteiger partial charge is 0.573 e. The maximum absolute atomic E-state index is 13.6. The molecule has 2 aliphatic heterocycles. The van der Waals surface area contributed by atoms with Gasteiger partial charge in [0, 0.05) is 42.9 Å². The highest BCUT2D eigenvalue weighted by molar-refractivity contribution is 6.05. The third-order valence-electron chi connectivity index (χ3n) is 5.41. The van der Waals surface area contributed by atoms with Gasteiger partial charge >= 0.3 is 12.4 Å². The molecule has 9 nitrogen and oxygen atoms in total. The number of hydrogen-bond donors (Lipinski definition) is 3. The average Bonchev–Trinajstić information content (AvgIpc) is 3.06. The molecule has 13 heteroatoms. The van der Waals surface area contributed by atoms with Crippen LogP contribution in [0.4, 0.5) is 28.0 Å². The minimum absolute atomic E-state index is 0.0496. The van der Waals surface area contributed by atoms with Crippen molar-refractivity contribution in [2.75, 3.05) is 5.32 Å². The number of benzene rings is 2. The van der Waals surface area contributed by atoms with Gasteiger partial charge < -0.3 is 20.3 Å². The van der Waals surface area contributed by atoms with E-state index in [1.54, 1.807) is 18.2 Å². The summed E-state index contributed by atoms with van der Waals surface area (Å²) in [6.07, 6.45) is -4.66. The van der Waals surface area contributed by atoms with Crippen molar-refractivity contribution in [2.24, 2.45) is 0 Å². The number of imide groups is 1. The molecule has 2 heterocycles. The molecular formula is C22H18F4N4O5. The molecule has 1 fully saturated rings. The molecule has 5 amide bonds. The fourth-order valence-electron chi connectivity index (χ4n) is 3.90. The fourth-order valence-corrected chi connectivity index (χ4v) is 3.90. The normalized spacial score (nSPS) is 17.7. The van der Waals surface area contributed by atoms with Crippen LogP contribution in [0.1, 0.15) is 34.3 Å². The van der Waals surface area contributed by atoms with Crippen LogP contribution in [0.2, 0.25) is 0 Å². The first-order chi connectivity index (χ1) is 16.5. The van der Waals surface area contributed by atoms with E-state index in [2.05, 4.69) is 20.7 Å². The maximum atomic E-state index is 13.6. The number of carbonyl (C=O) groups excluding carboxylic acids is 4. The molecule has 35 heavy (non-hydrogen) atoms. The van der Waals surface area contributed by atoms with E-state index in [-0.39, 0.29) is 43.4 Å². The van der Waals surface area contributed by atoms with Crippen molar-refractivity contribution < 1.29 is 41.5 Å². The maximum Gasteiger partial charge on any atom is 0.573 e. The summed E-state index contributed by atoms with van der Waals surface area (Å²) in [5, 5.41) is 6.90. The highest BCUT2D eigenvalue weighted by Crippen LogP contribution is 2.29. The van der Waals surface area contributed by atoms with Crippen LogP contribution in [0.15, 0.2) is 36.4 Å². The molecule has 184 valence electrons. The van der Waals surface area contributed by atoms with E-state index in [0.29, 0.717) is 22.8 Å². The first kappa shape index (κ1) is 24.0. The van der Waals surface area contributed by atoms with Crippen LogP contribution in [0.25, 0.3) is 0 Å². The second kappa shape index (κ2) is 9.24. The average molecular weight is 494 g/mol. The lowest BCUT2D eigenvalue weighted by atomic mass is 10.0. The Balaban J connectivity index is 1.37. The lowest BCUT2D eigenvalue weighted by Gasteiger charge is -2.29. The molecule has 4 rings (SSSR count). The topological polar surface area (TPSA) is 117 Å². The van der Waals surface area contributed by atoms with Crippen LogP contribution in [0, 0.1) is 5.82 Å². The zero-order valence-corrected chi connectivity index (χ0v) is 17.9. The SMILES string of the molecule is O=C1CCC(N2Cc3ccc(CNC(=O)Nc4cc(F)cc(OC(F)(F)F)c4)cc3C2=O)C(=O)N1. The Morgan fingerprint density at radius 2 is 1.91 bits per heavy atom. The van der Waals surface area contributed by atoms with Crippen molar-refractivity contribution in [3.63, 3.8) is 0 Å². The summed E-state index contributed by atoms with van der Waals surface area (Å²) in [4.78, 5) is 49.9. The second-order valence-corrected chi connectivity index (χ2v) is 7.92. The Labute approximate surface area is 195 Å². The number of anilines is 1. The van der Waals surface area contributed by atoms with E-state index >= 15 is 0 Å². The summed E-state index contributed by atoms with van der Waals surface area (Å²) >= 11 is 0. The molecule has 2 aliphatic rings. The quantitative estimate of drug-likeness (QED) is 0.437. The van der Waals surface area contributed by atoms with Gasteiger partial charge in [0.25, 0.3) is 5.91 Å². The highest BCUT2D eigenvalue weighted by Gasteiger charge is 2.39. The Bertz CT molecular complexity index is 1220. The summed E-state index contributed by atoms with van der Waals surface area (Å²) in [7, 11) is 0. The molecule has 1 unspecified atom stereocenters. The molecule has 0 bridgehead atoms. The number of carbonyl (C=O) groups is 4. The van der Waals surface area contributed by atoms with Gasteiger partial charge in [0.15, 0.2) is 0 Å². The molecule has 0 aliphatic carbocycles. The van der Waals surface area contributed by atoms with Crippen LogP contribution in [0.3, 0.4) is 0 Å². The summed E-state index contributed by atoms with van der Waals surface area (Å²) in [5.41, 5.74) is 1.32. The monoisotopic (exact) mass is 494 g/mol. The van der Waals surface area contributed by atoms with Gasteiger partial charge in [-0.05, 0) is 29.7 Å². The Morgan fingerprint density at radius 3 is 2.63 bits per heavy atom. The standard InChI is InChI=1S/C22H18F4N4O5/c23-13-6-14(8-15(7-13)35-22(24,25)26)28-21(34)27-9-11-1-2-12-10-30(20(33)16(12)5-11)17-3-4-18(31)29-19(17)32/h1-2,5-8,17H,3-4,9-10H2,(H2,27,28,34)(H,29,31,32). The zero-order valence-electron chi connectivity index (χ0n) is 17.9. The number of alkyl halides is 3. The lowest BCUT2D eigenvalue weighted by molar-refractivity contribution is -0.274. The van der Waals surface area contributed by atoms with E-state index in [9.17, 15) is 36.7 Å². The number of fused-ring (bicyclic) bond motifs is 1. The van der Waals surface area contributed by atoms with E-state index in [1.165, 1.54) is 4.90 Å². The molecular weight excluding hydrogens is 476 g/mol. The zero-order chi connectivity index (χ0) is 25.3. The highest BCUT2D eigenvalue weighted by atomic mass is 19.4. The van der Waals surface area contributed by atoms with E-state index in [0.717, 1.165) is 12.1 Å². The molecule has 1 atom stereocenters.